The molecule has 82 valence electrons. The summed E-state index contributed by atoms with van der Waals surface area (Å²) >= 11 is 3.38. The van der Waals surface area contributed by atoms with Crippen LogP contribution in [0.2, 0.25) is 0 Å². The fraction of sp³-hybridized carbons (Fsp3) is 0. The molecule has 0 unspecified atom stereocenters. The second-order valence-electron chi connectivity index (χ2n) is 3.91. The summed E-state index contributed by atoms with van der Waals surface area (Å²) in [6.45, 7) is 0. The maximum Gasteiger partial charge on any atom is 0.106 e. The normalized spacial score (nSPS) is 10.6. The molecular weight excluding hydrogens is 274 g/mol. The number of halogens is 1. The highest BCUT2D eigenvalue weighted by molar-refractivity contribution is 9.10. The van der Waals surface area contributed by atoms with E-state index in [9.17, 15) is 0 Å². The fourth-order valence-electron chi connectivity index (χ4n) is 1.91. The van der Waals surface area contributed by atoms with Crippen molar-refractivity contribution in [1.82, 2.24) is 4.98 Å². The van der Waals surface area contributed by atoms with Crippen LogP contribution < -0.4 is 0 Å². The number of fused-ring (bicyclic) bond motifs is 1. The Morgan fingerprint density at radius 2 is 1.59 bits per heavy atom. The monoisotopic (exact) mass is 283 g/mol. The van der Waals surface area contributed by atoms with Crippen LogP contribution in [0.25, 0.3) is 22.0 Å². The third-order valence-corrected chi connectivity index (χ3v) is 3.20. The van der Waals surface area contributed by atoms with E-state index in [0.717, 1.165) is 15.5 Å². The summed E-state index contributed by atoms with van der Waals surface area (Å²) in [5.74, 6) is 0. The predicted molar refractivity (Wildman–Crippen MR) is 74.9 cm³/mol. The molecule has 3 aromatic rings. The van der Waals surface area contributed by atoms with E-state index >= 15 is 0 Å². The first-order valence-electron chi connectivity index (χ1n) is 5.45. The smallest absolute Gasteiger partial charge is 0.106 e. The van der Waals surface area contributed by atoms with E-state index in [-0.39, 0.29) is 0 Å². The van der Waals surface area contributed by atoms with Gasteiger partial charge in [-0.3, -0.25) is 0 Å². The van der Waals surface area contributed by atoms with Crippen LogP contribution in [-0.4, -0.2) is 4.98 Å². The Balaban J connectivity index is 2.17. The van der Waals surface area contributed by atoms with Crippen molar-refractivity contribution in [3.05, 3.63) is 65.3 Å². The highest BCUT2D eigenvalue weighted by Crippen LogP contribution is 2.24. The molecular formula is C15H10BrN. The van der Waals surface area contributed by atoms with Gasteiger partial charge >= 0.3 is 0 Å². The molecule has 2 heteroatoms. The average Bonchev–Trinajstić information content (AvgIpc) is 2.39. The number of aromatic nitrogens is 1. The zero-order valence-electron chi connectivity index (χ0n) is 9.10. The van der Waals surface area contributed by atoms with Crippen LogP contribution in [0, 0.1) is 0 Å². The second-order valence-corrected chi connectivity index (χ2v) is 4.72. The molecule has 3 rings (SSSR count). The van der Waals surface area contributed by atoms with Crippen LogP contribution >= 0.6 is 15.9 Å². The molecule has 0 atom stereocenters. The van der Waals surface area contributed by atoms with Gasteiger partial charge in [-0.15, -0.1) is 0 Å². The van der Waals surface area contributed by atoms with E-state index < -0.39 is 0 Å². The summed E-state index contributed by atoms with van der Waals surface area (Å²) < 4.78 is 0.873. The van der Waals surface area contributed by atoms with Gasteiger partial charge in [-0.1, -0.05) is 42.5 Å². The fourth-order valence-corrected chi connectivity index (χ4v) is 2.23. The second kappa shape index (κ2) is 4.30. The molecule has 0 aliphatic heterocycles. The third-order valence-electron chi connectivity index (χ3n) is 2.76. The Bertz CT molecular complexity index is 662. The molecule has 0 bridgehead atoms. The standard InChI is InChI=1S/C15H10BrN/c16-15-9-7-13-10-12(6-8-14(13)17-15)11-4-2-1-3-5-11/h1-10H. The van der Waals surface area contributed by atoms with Crippen LogP contribution in [0.15, 0.2) is 65.3 Å². The molecule has 0 N–H and O–H groups in total. The molecule has 0 saturated carbocycles. The van der Waals surface area contributed by atoms with Gasteiger partial charge in [-0.05, 0) is 45.3 Å². The summed E-state index contributed by atoms with van der Waals surface area (Å²) in [5, 5.41) is 1.16. The lowest BCUT2D eigenvalue weighted by atomic mass is 10.0. The van der Waals surface area contributed by atoms with Crippen molar-refractivity contribution < 1.29 is 0 Å². The van der Waals surface area contributed by atoms with Crippen molar-refractivity contribution in [2.45, 2.75) is 0 Å². The first-order valence-corrected chi connectivity index (χ1v) is 6.24. The Morgan fingerprint density at radius 1 is 0.765 bits per heavy atom. The number of rotatable bonds is 1. The predicted octanol–water partition coefficient (Wildman–Crippen LogP) is 4.66. The molecule has 17 heavy (non-hydrogen) atoms. The minimum atomic E-state index is 0.873. The lowest BCUT2D eigenvalue weighted by Crippen LogP contribution is -1.82. The molecule has 0 saturated heterocycles. The van der Waals surface area contributed by atoms with Gasteiger partial charge in [-0.25, -0.2) is 4.98 Å². The van der Waals surface area contributed by atoms with Crippen LogP contribution in [0.5, 0.6) is 0 Å². The summed E-state index contributed by atoms with van der Waals surface area (Å²) in [6.07, 6.45) is 0. The molecule has 0 fully saturated rings. The quantitative estimate of drug-likeness (QED) is 0.592. The Labute approximate surface area is 108 Å². The van der Waals surface area contributed by atoms with Gasteiger partial charge < -0.3 is 0 Å². The van der Waals surface area contributed by atoms with E-state index in [1.807, 2.05) is 12.1 Å². The molecule has 0 amide bonds. The largest absolute Gasteiger partial charge is 0.241 e. The average molecular weight is 284 g/mol. The van der Waals surface area contributed by atoms with Gasteiger partial charge in [0.15, 0.2) is 0 Å². The van der Waals surface area contributed by atoms with Crippen molar-refractivity contribution in [2.24, 2.45) is 0 Å². The molecule has 1 nitrogen and oxygen atoms in total. The third kappa shape index (κ3) is 2.08. The highest BCUT2D eigenvalue weighted by Gasteiger charge is 2.00. The Hall–Kier alpha value is -1.67. The zero-order valence-corrected chi connectivity index (χ0v) is 10.7. The first kappa shape index (κ1) is 10.5. The lowest BCUT2D eigenvalue weighted by molar-refractivity contribution is 1.35. The molecule has 1 heterocycles. The highest BCUT2D eigenvalue weighted by atomic mass is 79.9. The number of nitrogens with zero attached hydrogens (tertiary/aromatic N) is 1. The summed E-state index contributed by atoms with van der Waals surface area (Å²) in [5.41, 5.74) is 3.47. The number of hydrogen-bond acceptors (Lipinski definition) is 1. The summed E-state index contributed by atoms with van der Waals surface area (Å²) in [4.78, 5) is 4.43. The summed E-state index contributed by atoms with van der Waals surface area (Å²) in [6, 6.07) is 20.8. The maximum atomic E-state index is 4.43. The zero-order chi connectivity index (χ0) is 11.7. The van der Waals surface area contributed by atoms with Gasteiger partial charge in [-0.2, -0.15) is 0 Å². The minimum Gasteiger partial charge on any atom is -0.241 e. The van der Waals surface area contributed by atoms with E-state index in [2.05, 4.69) is 69.4 Å². The first-order chi connectivity index (χ1) is 8.33. The number of pyridine rings is 1. The topological polar surface area (TPSA) is 12.9 Å². The van der Waals surface area contributed by atoms with E-state index in [4.69, 9.17) is 0 Å². The molecule has 1 aromatic heterocycles. The van der Waals surface area contributed by atoms with Crippen molar-refractivity contribution in [2.75, 3.05) is 0 Å². The molecule has 0 aliphatic rings. The van der Waals surface area contributed by atoms with Gasteiger partial charge in [0.2, 0.25) is 0 Å². The van der Waals surface area contributed by atoms with Crippen molar-refractivity contribution in [3.8, 4) is 11.1 Å². The van der Waals surface area contributed by atoms with Crippen LogP contribution in [0.4, 0.5) is 0 Å². The Morgan fingerprint density at radius 3 is 2.41 bits per heavy atom. The van der Waals surface area contributed by atoms with Gasteiger partial charge in [0, 0.05) is 5.39 Å². The molecule has 0 aliphatic carbocycles. The van der Waals surface area contributed by atoms with Crippen LogP contribution in [0.1, 0.15) is 0 Å². The maximum absolute atomic E-state index is 4.43. The molecule has 0 spiro atoms. The number of benzene rings is 2. The van der Waals surface area contributed by atoms with E-state index in [1.165, 1.54) is 11.1 Å². The molecule has 2 aromatic carbocycles. The summed E-state index contributed by atoms with van der Waals surface area (Å²) in [7, 11) is 0. The Kier molecular flexibility index (Phi) is 2.65. The van der Waals surface area contributed by atoms with Crippen molar-refractivity contribution in [1.29, 1.82) is 0 Å². The van der Waals surface area contributed by atoms with Crippen LogP contribution in [0.3, 0.4) is 0 Å². The van der Waals surface area contributed by atoms with Crippen molar-refractivity contribution in [3.63, 3.8) is 0 Å². The number of hydrogen-bond donors (Lipinski definition) is 0. The van der Waals surface area contributed by atoms with E-state index in [0.29, 0.717) is 0 Å². The van der Waals surface area contributed by atoms with E-state index in [1.54, 1.807) is 0 Å². The van der Waals surface area contributed by atoms with Gasteiger partial charge in [0.05, 0.1) is 5.52 Å². The molecule has 0 radical (unpaired) electrons. The van der Waals surface area contributed by atoms with Crippen LogP contribution in [-0.2, 0) is 0 Å². The van der Waals surface area contributed by atoms with Gasteiger partial charge in [0.1, 0.15) is 4.60 Å². The minimum absolute atomic E-state index is 0.873. The van der Waals surface area contributed by atoms with Gasteiger partial charge in [0.25, 0.3) is 0 Å². The lowest BCUT2D eigenvalue weighted by Gasteiger charge is -2.03. The SMILES string of the molecule is Brc1ccc2cc(-c3ccccc3)ccc2n1. The van der Waals surface area contributed by atoms with Crippen molar-refractivity contribution >= 4 is 26.8 Å².